The van der Waals surface area contributed by atoms with E-state index in [0.29, 0.717) is 54.0 Å². The molecule has 3 aliphatic rings. The molecule has 4 aromatic rings. The van der Waals surface area contributed by atoms with Gasteiger partial charge < -0.3 is 44.0 Å². The number of unbranched alkanes of at least 4 members (excludes halogenated alkanes) is 2. The van der Waals surface area contributed by atoms with Crippen LogP contribution < -0.4 is 9.47 Å². The van der Waals surface area contributed by atoms with Crippen molar-refractivity contribution >= 4 is 17.3 Å². The molecule has 4 aromatic carbocycles. The number of nitro benzene ring substituents is 1. The number of aliphatic hydroxyl groups excluding tert-OH is 3. The number of benzene rings is 4. The summed E-state index contributed by atoms with van der Waals surface area (Å²) >= 11 is 0. The molecule has 67 heavy (non-hydrogen) atoms. The summed E-state index contributed by atoms with van der Waals surface area (Å²) in [5, 5.41) is 55.8. The lowest BCUT2D eigenvalue weighted by atomic mass is 9.55. The molecule has 15 heteroatoms. The molecule has 0 unspecified atom stereocenters. The summed E-state index contributed by atoms with van der Waals surface area (Å²) < 4.78 is 26.6. The molecule has 1 amide bonds. The van der Waals surface area contributed by atoms with Gasteiger partial charge in [-0.05, 0) is 97.2 Å². The van der Waals surface area contributed by atoms with E-state index in [2.05, 4.69) is 18.7 Å². The molecule has 0 radical (unpaired) electrons. The van der Waals surface area contributed by atoms with E-state index in [0.717, 1.165) is 29.5 Å². The molecule has 1 saturated carbocycles. The highest BCUT2D eigenvalue weighted by Gasteiger charge is 2.65. The van der Waals surface area contributed by atoms with E-state index < -0.39 is 22.7 Å². The van der Waals surface area contributed by atoms with Gasteiger partial charge in [-0.2, -0.15) is 5.26 Å². The number of aliphatic hydroxyl groups is 3. The molecule has 7 rings (SSSR count). The molecule has 352 valence electrons. The fraction of sp³-hybridized carbons (Fsp3) is 0.404. The first-order chi connectivity index (χ1) is 32.7. The number of carbonyl (C=O) groups excluding carboxylic acids is 1. The molecule has 0 saturated heterocycles. The van der Waals surface area contributed by atoms with Gasteiger partial charge in [0.2, 0.25) is 5.79 Å². The molecule has 1 heterocycles. The van der Waals surface area contributed by atoms with Gasteiger partial charge in [0, 0.05) is 49.3 Å². The van der Waals surface area contributed by atoms with Gasteiger partial charge in [-0.15, -0.1) is 6.58 Å². The van der Waals surface area contributed by atoms with Crippen molar-refractivity contribution in [1.82, 2.24) is 4.90 Å². The molecule has 0 spiro atoms. The standard InChI is InChI=1S/C52H58N4O11/c1-2-27-64-52-48(55(23-28-63-29-26-59)51(60)38-19-17-36(34-53)18-20-38)33-46(54-65-35-37-11-4-3-5-12-37)44-30-39(13-6-8-24-57)43(16-7-9-25-58)49(50(44)52)45-32-42(21-22-47(45)67-52)66-41-15-10-14-40(31-41)56(61)62/h2-5,10-12,14-15,17-22,30-32,39,43,48-50,57-59H,1,6-9,13,16,23-29,33,35H2/t39-,43+,48-,49+,50+,52+/m0/s1. The van der Waals surface area contributed by atoms with Crippen LogP contribution in [0.1, 0.15) is 77.9 Å². The van der Waals surface area contributed by atoms with Gasteiger partial charge in [-0.1, -0.05) is 66.5 Å². The topological polar surface area (TPSA) is 206 Å². The highest BCUT2D eigenvalue weighted by molar-refractivity contribution is 6.03. The number of hydrogen-bond donors (Lipinski definition) is 3. The van der Waals surface area contributed by atoms with Crippen LogP contribution in [0.2, 0.25) is 0 Å². The van der Waals surface area contributed by atoms with Crippen molar-refractivity contribution in [3.63, 3.8) is 0 Å². The Morgan fingerprint density at radius 2 is 1.70 bits per heavy atom. The zero-order chi connectivity index (χ0) is 47.2. The lowest BCUT2D eigenvalue weighted by molar-refractivity contribution is -0.384. The van der Waals surface area contributed by atoms with Gasteiger partial charge in [0.1, 0.15) is 29.9 Å². The van der Waals surface area contributed by atoms with Crippen molar-refractivity contribution in [3.05, 3.63) is 154 Å². The first-order valence-corrected chi connectivity index (χ1v) is 22.9. The second kappa shape index (κ2) is 23.4. The first-order valence-electron chi connectivity index (χ1n) is 22.9. The van der Waals surface area contributed by atoms with E-state index in [4.69, 9.17) is 28.9 Å². The monoisotopic (exact) mass is 914 g/mol. The Labute approximate surface area is 390 Å². The third-order valence-electron chi connectivity index (χ3n) is 12.8. The Morgan fingerprint density at radius 3 is 2.42 bits per heavy atom. The van der Waals surface area contributed by atoms with E-state index in [1.54, 1.807) is 53.4 Å². The number of nitrogens with zero attached hydrogens (tertiary/aromatic N) is 4. The third kappa shape index (κ3) is 11.2. The van der Waals surface area contributed by atoms with Crippen molar-refractivity contribution in [1.29, 1.82) is 5.26 Å². The van der Waals surface area contributed by atoms with Crippen molar-refractivity contribution < 1.29 is 48.8 Å². The Hall–Kier alpha value is -6.41. The van der Waals surface area contributed by atoms with Gasteiger partial charge in [-0.25, -0.2) is 0 Å². The molecule has 0 bridgehead atoms. The van der Waals surface area contributed by atoms with Gasteiger partial charge >= 0.3 is 0 Å². The minimum atomic E-state index is -1.58. The van der Waals surface area contributed by atoms with Gasteiger partial charge in [0.25, 0.3) is 11.6 Å². The maximum atomic E-state index is 15.1. The van der Waals surface area contributed by atoms with E-state index in [1.165, 1.54) is 12.1 Å². The van der Waals surface area contributed by atoms with E-state index in [-0.39, 0.29) is 94.3 Å². The zero-order valence-electron chi connectivity index (χ0n) is 37.5. The summed E-state index contributed by atoms with van der Waals surface area (Å²) in [5.74, 6) is -1.88. The van der Waals surface area contributed by atoms with E-state index in [9.17, 15) is 30.7 Å². The van der Waals surface area contributed by atoms with Crippen LogP contribution in [-0.4, -0.2) is 94.8 Å². The van der Waals surface area contributed by atoms with Gasteiger partial charge in [0.05, 0.1) is 60.7 Å². The molecule has 0 aromatic heterocycles. The minimum absolute atomic E-state index is 0.0206. The normalized spacial score (nSPS) is 22.0. The Bertz CT molecular complexity index is 2420. The smallest absolute Gasteiger partial charge is 0.273 e. The van der Waals surface area contributed by atoms with Crippen LogP contribution in [0.3, 0.4) is 0 Å². The van der Waals surface area contributed by atoms with Crippen molar-refractivity contribution in [2.24, 2.45) is 22.9 Å². The maximum absolute atomic E-state index is 15.1. The average molecular weight is 915 g/mol. The van der Waals surface area contributed by atoms with Crippen LogP contribution >= 0.6 is 0 Å². The second-order valence-electron chi connectivity index (χ2n) is 16.9. The summed E-state index contributed by atoms with van der Waals surface area (Å²) in [4.78, 5) is 34.3. The SMILES string of the molecule is C=CCO[C@@]12Oc3ccc(Oc4cccc([N+](=O)[O-])c4)cc3[C@H]3[C@H](CCCCO)[C@@H](CCCCO)C=C(C(=NOCc4ccccc4)C[C@@H]1N(CCOCCO)C(=O)c1ccc(C#N)cc1)[C@H]32. The molecule has 1 aliphatic heterocycles. The number of allylic oxidation sites excluding steroid dienone is 1. The number of amides is 1. The molecular formula is C52H58N4O11. The van der Waals surface area contributed by atoms with Gasteiger partial charge in [-0.3, -0.25) is 14.9 Å². The number of hydrogen-bond acceptors (Lipinski definition) is 13. The summed E-state index contributed by atoms with van der Waals surface area (Å²) in [7, 11) is 0. The summed E-state index contributed by atoms with van der Waals surface area (Å²) in [5.41, 5.74) is 3.75. The lowest BCUT2D eigenvalue weighted by Crippen LogP contribution is -2.70. The second-order valence-corrected chi connectivity index (χ2v) is 16.9. The zero-order valence-corrected chi connectivity index (χ0v) is 37.5. The summed E-state index contributed by atoms with van der Waals surface area (Å²) in [6.45, 7) is 4.27. The predicted octanol–water partition coefficient (Wildman–Crippen LogP) is 8.24. The number of non-ortho nitro benzene ring substituents is 1. The summed E-state index contributed by atoms with van der Waals surface area (Å²) in [6.07, 6.45) is 8.11. The molecule has 6 atom stereocenters. The number of nitro groups is 1. The fourth-order valence-electron chi connectivity index (χ4n) is 9.85. The summed E-state index contributed by atoms with van der Waals surface area (Å²) in [6, 6.07) is 28.8. The Kier molecular flexibility index (Phi) is 16.9. The minimum Gasteiger partial charge on any atom is -0.459 e. The Balaban J connectivity index is 1.45. The average Bonchev–Trinajstić information content (AvgIpc) is 3.35. The molecule has 15 nitrogen and oxygen atoms in total. The molecule has 2 aliphatic carbocycles. The van der Waals surface area contributed by atoms with E-state index in [1.807, 2.05) is 42.5 Å². The van der Waals surface area contributed by atoms with Crippen LogP contribution in [0.4, 0.5) is 5.69 Å². The quantitative estimate of drug-likeness (QED) is 0.0263. The van der Waals surface area contributed by atoms with Crippen LogP contribution in [0.25, 0.3) is 0 Å². The van der Waals surface area contributed by atoms with Crippen LogP contribution in [0.5, 0.6) is 17.2 Å². The number of nitriles is 1. The van der Waals surface area contributed by atoms with Crippen molar-refractivity contribution in [2.45, 2.75) is 69.3 Å². The Morgan fingerprint density at radius 1 is 0.940 bits per heavy atom. The molecule has 3 N–H and O–H groups in total. The predicted molar refractivity (Wildman–Crippen MR) is 249 cm³/mol. The van der Waals surface area contributed by atoms with Crippen LogP contribution in [0.15, 0.2) is 127 Å². The van der Waals surface area contributed by atoms with Crippen LogP contribution in [0, 0.1) is 39.2 Å². The number of rotatable bonds is 24. The third-order valence-corrected chi connectivity index (χ3v) is 12.8. The highest BCUT2D eigenvalue weighted by Crippen LogP contribution is 2.62. The van der Waals surface area contributed by atoms with Crippen molar-refractivity contribution in [2.75, 3.05) is 46.2 Å². The van der Waals surface area contributed by atoms with Gasteiger partial charge in [0.15, 0.2) is 0 Å². The molecular weight excluding hydrogens is 857 g/mol. The number of fused-ring (bicyclic) bond motifs is 2. The number of carbonyl (C=O) groups is 1. The lowest BCUT2D eigenvalue weighted by Gasteiger charge is -2.60. The largest absolute Gasteiger partial charge is 0.459 e. The highest BCUT2D eigenvalue weighted by atomic mass is 16.7. The van der Waals surface area contributed by atoms with E-state index >= 15 is 4.79 Å². The molecule has 1 fully saturated rings. The maximum Gasteiger partial charge on any atom is 0.273 e. The fourth-order valence-corrected chi connectivity index (χ4v) is 9.85. The first kappa shape index (κ1) is 48.5. The number of ether oxygens (including phenoxy) is 4. The van der Waals surface area contributed by atoms with Crippen molar-refractivity contribution in [3.8, 4) is 23.3 Å². The number of oxime groups is 1. The van der Waals surface area contributed by atoms with Crippen LogP contribution in [-0.2, 0) is 20.9 Å².